The Morgan fingerprint density at radius 2 is 2.00 bits per heavy atom. The van der Waals surface area contributed by atoms with E-state index in [0.717, 1.165) is 24.8 Å². The van der Waals surface area contributed by atoms with Gasteiger partial charge in [-0.1, -0.05) is 12.1 Å². The van der Waals surface area contributed by atoms with Crippen LogP contribution < -0.4 is 10.2 Å². The maximum Gasteiger partial charge on any atom is 0.253 e. The number of aromatic nitrogens is 3. The molecule has 0 atom stereocenters. The molecule has 1 amide bonds. The largest absolute Gasteiger partial charge is 0.381 e. The molecule has 2 aliphatic rings. The van der Waals surface area contributed by atoms with Crippen LogP contribution in [0.4, 0.5) is 5.82 Å². The van der Waals surface area contributed by atoms with Gasteiger partial charge in [-0.05, 0) is 30.9 Å². The van der Waals surface area contributed by atoms with Crippen molar-refractivity contribution in [2.75, 3.05) is 31.2 Å². The van der Waals surface area contributed by atoms with Crippen LogP contribution >= 0.6 is 0 Å². The Labute approximate surface area is 158 Å². The van der Waals surface area contributed by atoms with Gasteiger partial charge in [0, 0.05) is 45.3 Å². The van der Waals surface area contributed by atoms with Crippen LogP contribution in [0.25, 0.3) is 0 Å². The molecule has 0 unspecified atom stereocenters. The number of pyridine rings is 1. The fourth-order valence-corrected chi connectivity index (χ4v) is 3.74. The van der Waals surface area contributed by atoms with Gasteiger partial charge in [0.05, 0.1) is 5.56 Å². The number of piperidine rings is 1. The lowest BCUT2D eigenvalue weighted by Crippen LogP contribution is -2.50. The molecule has 0 aromatic carbocycles. The summed E-state index contributed by atoms with van der Waals surface area (Å²) >= 11 is 0. The van der Waals surface area contributed by atoms with Crippen molar-refractivity contribution >= 4 is 11.7 Å². The fourth-order valence-electron chi connectivity index (χ4n) is 3.74. The lowest BCUT2D eigenvalue weighted by molar-refractivity contribution is 0.0306. The number of ether oxygens (including phenoxy) is 1. The fraction of sp³-hybridized carbons (Fsp3) is 0.579. The lowest BCUT2D eigenvalue weighted by Gasteiger charge is -2.35. The number of rotatable bonds is 4. The second-order valence-electron chi connectivity index (χ2n) is 7.48. The number of hydrogen-bond donors (Lipinski definition) is 1. The average molecular weight is 371 g/mol. The molecule has 0 aliphatic carbocycles. The summed E-state index contributed by atoms with van der Waals surface area (Å²) in [6.07, 6.45) is 6.50. The highest BCUT2D eigenvalue weighted by molar-refractivity contribution is 5.94. The second kappa shape index (κ2) is 7.64. The molecular weight excluding hydrogens is 346 g/mol. The van der Waals surface area contributed by atoms with Crippen LogP contribution in [0.15, 0.2) is 29.2 Å². The van der Waals surface area contributed by atoms with E-state index in [1.807, 2.05) is 12.1 Å². The van der Waals surface area contributed by atoms with E-state index in [-0.39, 0.29) is 5.91 Å². The van der Waals surface area contributed by atoms with E-state index in [1.54, 1.807) is 6.20 Å². The maximum atomic E-state index is 12.9. The monoisotopic (exact) mass is 371 g/mol. The molecule has 144 valence electrons. The number of nitrogens with one attached hydrogen (secondary N) is 1. The highest BCUT2D eigenvalue weighted by Crippen LogP contribution is 2.30. The molecule has 0 spiro atoms. The first kappa shape index (κ1) is 17.9. The lowest BCUT2D eigenvalue weighted by atomic mass is 9.88. The van der Waals surface area contributed by atoms with Gasteiger partial charge in [0.15, 0.2) is 5.82 Å². The number of carbonyl (C=O) groups is 1. The standard InChI is InChI=1S/C19H25N5O3/c1-14-4-8-24(9-5-14)16-3-2-15(12-20-16)17(25)22-19(6-10-26-11-7-19)18-21-13-27-23-18/h2-3,12-14H,4-11H2,1H3,(H,22,25). The second-order valence-corrected chi connectivity index (χ2v) is 7.48. The van der Waals surface area contributed by atoms with Crippen LogP contribution in [0.3, 0.4) is 0 Å². The van der Waals surface area contributed by atoms with Gasteiger partial charge in [-0.3, -0.25) is 4.79 Å². The number of anilines is 1. The normalized spacial score (nSPS) is 20.4. The van der Waals surface area contributed by atoms with Crippen LogP contribution in [0.1, 0.15) is 48.8 Å². The summed E-state index contributed by atoms with van der Waals surface area (Å²) < 4.78 is 10.3. The van der Waals surface area contributed by atoms with Crippen molar-refractivity contribution in [2.24, 2.45) is 5.92 Å². The maximum absolute atomic E-state index is 12.9. The van der Waals surface area contributed by atoms with Gasteiger partial charge in [-0.2, -0.15) is 4.98 Å². The van der Waals surface area contributed by atoms with E-state index in [2.05, 4.69) is 32.3 Å². The summed E-state index contributed by atoms with van der Waals surface area (Å²) in [7, 11) is 0. The number of amides is 1. The zero-order chi connectivity index (χ0) is 18.7. The van der Waals surface area contributed by atoms with Crippen LogP contribution in [0.5, 0.6) is 0 Å². The van der Waals surface area contributed by atoms with Crippen molar-refractivity contribution in [3.63, 3.8) is 0 Å². The predicted molar refractivity (Wildman–Crippen MR) is 98.3 cm³/mol. The molecule has 2 fully saturated rings. The summed E-state index contributed by atoms with van der Waals surface area (Å²) in [4.78, 5) is 23.8. The zero-order valence-corrected chi connectivity index (χ0v) is 15.6. The Morgan fingerprint density at radius 3 is 2.63 bits per heavy atom. The molecule has 2 aromatic heterocycles. The summed E-state index contributed by atoms with van der Waals surface area (Å²) in [5.74, 6) is 2.00. The first-order chi connectivity index (χ1) is 13.2. The zero-order valence-electron chi connectivity index (χ0n) is 15.6. The highest BCUT2D eigenvalue weighted by atomic mass is 16.5. The van der Waals surface area contributed by atoms with Gasteiger partial charge in [-0.15, -0.1) is 0 Å². The van der Waals surface area contributed by atoms with E-state index in [4.69, 9.17) is 9.26 Å². The molecule has 0 bridgehead atoms. The van der Waals surface area contributed by atoms with Gasteiger partial charge in [0.2, 0.25) is 6.39 Å². The Bertz CT molecular complexity index is 748. The van der Waals surface area contributed by atoms with Crippen LogP contribution in [0, 0.1) is 5.92 Å². The minimum Gasteiger partial charge on any atom is -0.381 e. The number of nitrogens with zero attached hydrogens (tertiary/aromatic N) is 4. The molecule has 2 aromatic rings. The molecule has 2 aliphatic heterocycles. The number of carbonyl (C=O) groups excluding carboxylic acids is 1. The Hall–Kier alpha value is -2.48. The third-order valence-corrected chi connectivity index (χ3v) is 5.61. The first-order valence-electron chi connectivity index (χ1n) is 9.54. The van der Waals surface area contributed by atoms with Crippen molar-refractivity contribution in [1.29, 1.82) is 0 Å². The molecule has 4 heterocycles. The number of hydrogen-bond acceptors (Lipinski definition) is 7. The summed E-state index contributed by atoms with van der Waals surface area (Å²) in [5, 5.41) is 7.06. The molecule has 0 radical (unpaired) electrons. The minimum absolute atomic E-state index is 0.187. The molecule has 27 heavy (non-hydrogen) atoms. The molecule has 1 N–H and O–H groups in total. The van der Waals surface area contributed by atoms with Gasteiger partial charge < -0.3 is 19.5 Å². The van der Waals surface area contributed by atoms with E-state index in [1.165, 1.54) is 19.2 Å². The van der Waals surface area contributed by atoms with Crippen molar-refractivity contribution in [3.05, 3.63) is 36.1 Å². The van der Waals surface area contributed by atoms with Crippen molar-refractivity contribution in [1.82, 2.24) is 20.4 Å². The first-order valence-corrected chi connectivity index (χ1v) is 9.54. The molecule has 8 nitrogen and oxygen atoms in total. The van der Waals surface area contributed by atoms with E-state index >= 15 is 0 Å². The highest BCUT2D eigenvalue weighted by Gasteiger charge is 2.40. The predicted octanol–water partition coefficient (Wildman–Crippen LogP) is 2.14. The van der Waals surface area contributed by atoms with Gasteiger partial charge in [-0.25, -0.2) is 4.98 Å². The quantitative estimate of drug-likeness (QED) is 0.880. The van der Waals surface area contributed by atoms with E-state index in [9.17, 15) is 4.79 Å². The van der Waals surface area contributed by atoms with Crippen molar-refractivity contribution in [2.45, 2.75) is 38.1 Å². The Balaban J connectivity index is 1.47. The average Bonchev–Trinajstić information content (AvgIpc) is 3.25. The molecule has 4 rings (SSSR count). The van der Waals surface area contributed by atoms with E-state index in [0.29, 0.717) is 37.4 Å². The molecule has 0 saturated carbocycles. The van der Waals surface area contributed by atoms with Gasteiger partial charge >= 0.3 is 0 Å². The van der Waals surface area contributed by atoms with Gasteiger partial charge in [0.25, 0.3) is 5.91 Å². The van der Waals surface area contributed by atoms with Crippen LogP contribution in [-0.4, -0.2) is 47.3 Å². The Kier molecular flexibility index (Phi) is 5.07. The Morgan fingerprint density at radius 1 is 1.22 bits per heavy atom. The smallest absolute Gasteiger partial charge is 0.253 e. The topological polar surface area (TPSA) is 93.4 Å². The summed E-state index contributed by atoms with van der Waals surface area (Å²) in [6, 6.07) is 3.76. The minimum atomic E-state index is -0.663. The molecule has 2 saturated heterocycles. The van der Waals surface area contributed by atoms with Crippen molar-refractivity contribution in [3.8, 4) is 0 Å². The third-order valence-electron chi connectivity index (χ3n) is 5.61. The summed E-state index contributed by atoms with van der Waals surface area (Å²) in [6.45, 7) is 5.40. The molecular formula is C19H25N5O3. The SMILES string of the molecule is CC1CCN(c2ccc(C(=O)NC3(c4ncon4)CCOCC3)cn2)CC1. The third kappa shape index (κ3) is 3.80. The van der Waals surface area contributed by atoms with Crippen LogP contribution in [0.2, 0.25) is 0 Å². The molecule has 8 heteroatoms. The van der Waals surface area contributed by atoms with Gasteiger partial charge in [0.1, 0.15) is 11.4 Å². The summed E-state index contributed by atoms with van der Waals surface area (Å²) in [5.41, 5.74) is -0.136. The van der Waals surface area contributed by atoms with Crippen LogP contribution in [-0.2, 0) is 10.3 Å². The van der Waals surface area contributed by atoms with Crippen molar-refractivity contribution < 1.29 is 14.1 Å². The van der Waals surface area contributed by atoms with E-state index < -0.39 is 5.54 Å².